The summed E-state index contributed by atoms with van der Waals surface area (Å²) >= 11 is 0. The quantitative estimate of drug-likeness (QED) is 0.580. The van der Waals surface area contributed by atoms with Crippen LogP contribution in [0.4, 0.5) is 0 Å². The molecule has 0 saturated carbocycles. The first-order valence-corrected chi connectivity index (χ1v) is 6.02. The predicted molar refractivity (Wildman–Crippen MR) is 66.2 cm³/mol. The summed E-state index contributed by atoms with van der Waals surface area (Å²) in [5, 5.41) is 14.9. The van der Waals surface area contributed by atoms with Gasteiger partial charge in [0.15, 0.2) is 0 Å². The predicted octanol–water partition coefficient (Wildman–Crippen LogP) is 0.899. The van der Waals surface area contributed by atoms with Gasteiger partial charge in [-0.25, -0.2) is 0 Å². The minimum atomic E-state index is 0.0331. The van der Waals surface area contributed by atoms with Crippen LogP contribution in [0.25, 0.3) is 0 Å². The molecule has 1 amide bonds. The van der Waals surface area contributed by atoms with Gasteiger partial charge in [-0.3, -0.25) is 4.79 Å². The number of aliphatic hydroxyl groups is 1. The zero-order valence-electron chi connectivity index (χ0n) is 11.0. The average Bonchev–Trinajstić information content (AvgIpc) is 2.16. The van der Waals surface area contributed by atoms with E-state index in [0.717, 1.165) is 19.4 Å². The first-order chi connectivity index (χ1) is 7.41. The van der Waals surface area contributed by atoms with E-state index in [0.29, 0.717) is 6.54 Å². The SMILES string of the molecule is CCC(C)NC(=O)CNCC(C)(C)CCO. The Labute approximate surface area is 98.8 Å². The molecular weight excluding hydrogens is 204 g/mol. The molecule has 0 fully saturated rings. The monoisotopic (exact) mass is 230 g/mol. The highest BCUT2D eigenvalue weighted by Crippen LogP contribution is 2.17. The van der Waals surface area contributed by atoms with E-state index in [4.69, 9.17) is 5.11 Å². The van der Waals surface area contributed by atoms with Crippen molar-refractivity contribution in [3.63, 3.8) is 0 Å². The maximum atomic E-state index is 11.4. The summed E-state index contributed by atoms with van der Waals surface area (Å²) in [6.45, 7) is 9.45. The zero-order valence-corrected chi connectivity index (χ0v) is 11.0. The third-order valence-electron chi connectivity index (χ3n) is 2.70. The minimum absolute atomic E-state index is 0.0331. The largest absolute Gasteiger partial charge is 0.396 e. The van der Waals surface area contributed by atoms with E-state index in [2.05, 4.69) is 24.5 Å². The van der Waals surface area contributed by atoms with E-state index >= 15 is 0 Å². The van der Waals surface area contributed by atoms with Crippen LogP contribution in [-0.4, -0.2) is 36.8 Å². The average molecular weight is 230 g/mol. The smallest absolute Gasteiger partial charge is 0.234 e. The second kappa shape index (κ2) is 7.63. The summed E-state index contributed by atoms with van der Waals surface area (Å²) in [5.41, 5.74) is 0.0331. The van der Waals surface area contributed by atoms with Crippen molar-refractivity contribution in [1.29, 1.82) is 0 Å². The summed E-state index contributed by atoms with van der Waals surface area (Å²) in [6, 6.07) is 0.236. The molecule has 0 heterocycles. The number of hydrogen-bond acceptors (Lipinski definition) is 3. The van der Waals surface area contributed by atoms with Gasteiger partial charge in [0, 0.05) is 19.2 Å². The summed E-state index contributed by atoms with van der Waals surface area (Å²) in [7, 11) is 0. The molecule has 0 spiro atoms. The van der Waals surface area contributed by atoms with Gasteiger partial charge in [-0.1, -0.05) is 20.8 Å². The lowest BCUT2D eigenvalue weighted by Gasteiger charge is -2.24. The Morgan fingerprint density at radius 2 is 2.06 bits per heavy atom. The molecule has 0 aliphatic heterocycles. The summed E-state index contributed by atoms with van der Waals surface area (Å²) in [4.78, 5) is 11.4. The fraction of sp³-hybridized carbons (Fsp3) is 0.917. The van der Waals surface area contributed by atoms with Gasteiger partial charge < -0.3 is 15.7 Å². The van der Waals surface area contributed by atoms with Crippen LogP contribution in [0.3, 0.4) is 0 Å². The Morgan fingerprint density at radius 3 is 2.56 bits per heavy atom. The molecule has 16 heavy (non-hydrogen) atoms. The molecule has 4 heteroatoms. The number of hydrogen-bond donors (Lipinski definition) is 3. The van der Waals surface area contributed by atoms with E-state index in [1.165, 1.54) is 0 Å². The van der Waals surface area contributed by atoms with Gasteiger partial charge in [0.05, 0.1) is 6.54 Å². The van der Waals surface area contributed by atoms with Gasteiger partial charge in [-0.05, 0) is 25.2 Å². The second-order valence-corrected chi connectivity index (χ2v) is 5.12. The molecule has 4 nitrogen and oxygen atoms in total. The Bertz CT molecular complexity index is 205. The summed E-state index contributed by atoms with van der Waals surface area (Å²) < 4.78 is 0. The first-order valence-electron chi connectivity index (χ1n) is 6.02. The van der Waals surface area contributed by atoms with E-state index in [1.54, 1.807) is 0 Å². The Morgan fingerprint density at radius 1 is 1.44 bits per heavy atom. The number of amides is 1. The van der Waals surface area contributed by atoms with Crippen molar-refractivity contribution in [2.75, 3.05) is 19.7 Å². The third kappa shape index (κ3) is 7.65. The van der Waals surface area contributed by atoms with Gasteiger partial charge >= 0.3 is 0 Å². The van der Waals surface area contributed by atoms with Crippen molar-refractivity contribution in [3.8, 4) is 0 Å². The highest BCUT2D eigenvalue weighted by atomic mass is 16.3. The van der Waals surface area contributed by atoms with Crippen molar-refractivity contribution < 1.29 is 9.90 Å². The van der Waals surface area contributed by atoms with Crippen LogP contribution in [0, 0.1) is 5.41 Å². The Kier molecular flexibility index (Phi) is 7.34. The van der Waals surface area contributed by atoms with Crippen molar-refractivity contribution >= 4 is 5.91 Å². The van der Waals surface area contributed by atoms with Gasteiger partial charge in [0.2, 0.25) is 5.91 Å². The number of rotatable bonds is 8. The lowest BCUT2D eigenvalue weighted by Crippen LogP contribution is -2.41. The molecular formula is C12H26N2O2. The summed E-state index contributed by atoms with van der Waals surface area (Å²) in [5.74, 6) is 0.0362. The van der Waals surface area contributed by atoms with Crippen LogP contribution in [0.1, 0.15) is 40.5 Å². The van der Waals surface area contributed by atoms with Crippen LogP contribution in [0.2, 0.25) is 0 Å². The maximum absolute atomic E-state index is 11.4. The number of aliphatic hydroxyl groups excluding tert-OH is 1. The molecule has 0 aromatic carbocycles. The van der Waals surface area contributed by atoms with E-state index in [-0.39, 0.29) is 24.0 Å². The molecule has 0 aliphatic carbocycles. The molecule has 0 aromatic heterocycles. The number of carbonyl (C=O) groups excluding carboxylic acids is 1. The third-order valence-corrected chi connectivity index (χ3v) is 2.70. The number of nitrogens with one attached hydrogen (secondary N) is 2. The summed E-state index contributed by atoms with van der Waals surface area (Å²) in [6.07, 6.45) is 1.69. The standard InChI is InChI=1S/C12H26N2O2/c1-5-10(2)14-11(16)8-13-9-12(3,4)6-7-15/h10,13,15H,5-9H2,1-4H3,(H,14,16). The van der Waals surface area contributed by atoms with Crippen molar-refractivity contribution in [2.45, 2.75) is 46.6 Å². The first kappa shape index (κ1) is 15.4. The molecule has 96 valence electrons. The van der Waals surface area contributed by atoms with Crippen LogP contribution in [-0.2, 0) is 4.79 Å². The molecule has 0 aliphatic rings. The second-order valence-electron chi connectivity index (χ2n) is 5.12. The van der Waals surface area contributed by atoms with E-state index < -0.39 is 0 Å². The Hall–Kier alpha value is -0.610. The topological polar surface area (TPSA) is 61.4 Å². The Balaban J connectivity index is 3.69. The maximum Gasteiger partial charge on any atom is 0.234 e. The van der Waals surface area contributed by atoms with E-state index in [9.17, 15) is 4.79 Å². The lowest BCUT2D eigenvalue weighted by molar-refractivity contribution is -0.120. The molecule has 3 N–H and O–H groups in total. The van der Waals surface area contributed by atoms with Crippen LogP contribution in [0.5, 0.6) is 0 Å². The zero-order chi connectivity index (χ0) is 12.6. The fourth-order valence-corrected chi connectivity index (χ4v) is 1.33. The van der Waals surface area contributed by atoms with Crippen molar-refractivity contribution in [3.05, 3.63) is 0 Å². The molecule has 1 atom stereocenters. The van der Waals surface area contributed by atoms with Crippen molar-refractivity contribution in [1.82, 2.24) is 10.6 Å². The fourth-order valence-electron chi connectivity index (χ4n) is 1.33. The molecule has 0 rings (SSSR count). The van der Waals surface area contributed by atoms with Gasteiger partial charge in [0.1, 0.15) is 0 Å². The van der Waals surface area contributed by atoms with Gasteiger partial charge in [-0.2, -0.15) is 0 Å². The molecule has 0 bridgehead atoms. The molecule has 0 radical (unpaired) electrons. The van der Waals surface area contributed by atoms with Crippen LogP contribution < -0.4 is 10.6 Å². The van der Waals surface area contributed by atoms with Crippen LogP contribution in [0.15, 0.2) is 0 Å². The van der Waals surface area contributed by atoms with Crippen molar-refractivity contribution in [2.24, 2.45) is 5.41 Å². The highest BCUT2D eigenvalue weighted by Gasteiger charge is 2.17. The van der Waals surface area contributed by atoms with Gasteiger partial charge in [-0.15, -0.1) is 0 Å². The van der Waals surface area contributed by atoms with E-state index in [1.807, 2.05) is 13.8 Å². The molecule has 1 unspecified atom stereocenters. The minimum Gasteiger partial charge on any atom is -0.396 e. The number of carbonyl (C=O) groups is 1. The lowest BCUT2D eigenvalue weighted by atomic mass is 9.90. The molecule has 0 saturated heterocycles. The molecule has 0 aromatic rings. The van der Waals surface area contributed by atoms with Crippen LogP contribution >= 0.6 is 0 Å². The van der Waals surface area contributed by atoms with Gasteiger partial charge in [0.25, 0.3) is 0 Å². The highest BCUT2D eigenvalue weighted by molar-refractivity contribution is 5.78. The normalized spacial score (nSPS) is 13.6.